The number of hydrogen-bond acceptors (Lipinski definition) is 2. The van der Waals surface area contributed by atoms with Crippen LogP contribution >= 0.6 is 0 Å². The summed E-state index contributed by atoms with van der Waals surface area (Å²) in [5, 5.41) is 10.0. The fourth-order valence-corrected chi connectivity index (χ4v) is 2.96. The second-order valence-electron chi connectivity index (χ2n) is 6.69. The van der Waals surface area contributed by atoms with Crippen LogP contribution in [0.15, 0.2) is 24.4 Å². The Morgan fingerprint density at radius 2 is 2.00 bits per heavy atom. The Kier molecular flexibility index (Phi) is 6.01. The number of rotatable bonds is 8. The van der Waals surface area contributed by atoms with Gasteiger partial charge in [-0.1, -0.05) is 32.0 Å². The van der Waals surface area contributed by atoms with Crippen molar-refractivity contribution in [3.05, 3.63) is 35.5 Å². The predicted octanol–water partition coefficient (Wildman–Crippen LogP) is 3.37. The van der Waals surface area contributed by atoms with Crippen LogP contribution in [0.5, 0.6) is 0 Å². The fourth-order valence-electron chi connectivity index (χ4n) is 2.96. The number of H-pyrrole nitrogens is 1. The van der Waals surface area contributed by atoms with Crippen molar-refractivity contribution < 1.29 is 14.7 Å². The van der Waals surface area contributed by atoms with Gasteiger partial charge in [-0.05, 0) is 30.4 Å². The van der Waals surface area contributed by atoms with Gasteiger partial charge in [0, 0.05) is 36.6 Å². The third-order valence-electron chi connectivity index (χ3n) is 4.15. The first-order valence-electron chi connectivity index (χ1n) is 8.43. The highest BCUT2D eigenvalue weighted by Gasteiger charge is 2.17. The van der Waals surface area contributed by atoms with E-state index < -0.39 is 5.97 Å². The minimum Gasteiger partial charge on any atom is -0.481 e. The van der Waals surface area contributed by atoms with Crippen LogP contribution in [0.2, 0.25) is 0 Å². The molecule has 0 fully saturated rings. The van der Waals surface area contributed by atoms with Gasteiger partial charge in [0.15, 0.2) is 0 Å². The Morgan fingerprint density at radius 1 is 1.25 bits per heavy atom. The van der Waals surface area contributed by atoms with Crippen LogP contribution in [-0.4, -0.2) is 40.0 Å². The quantitative estimate of drug-likeness (QED) is 0.779. The van der Waals surface area contributed by atoms with E-state index in [2.05, 4.69) is 24.0 Å². The van der Waals surface area contributed by atoms with Gasteiger partial charge in [-0.2, -0.15) is 0 Å². The molecule has 0 aliphatic heterocycles. The average Bonchev–Trinajstić information content (AvgIpc) is 2.93. The molecule has 2 aromatic rings. The molecule has 1 aromatic carbocycles. The number of aryl methyl sites for hydroxylation is 2. The molecule has 0 unspecified atom stereocenters. The van der Waals surface area contributed by atoms with E-state index in [1.807, 2.05) is 26.1 Å². The standard InChI is InChI=1S/C19H26N2O3/c1-13(2)12-21(10-9-18(23)24)17(22)8-7-15-11-20-19-14(3)5-4-6-16(15)19/h4-6,11,13,20H,7-10,12H2,1-3H3,(H,23,24). The number of fused-ring (bicyclic) bond motifs is 1. The highest BCUT2D eigenvalue weighted by atomic mass is 16.4. The third kappa shape index (κ3) is 4.60. The van der Waals surface area contributed by atoms with Crippen molar-refractivity contribution in [1.29, 1.82) is 0 Å². The number of carbonyl (C=O) groups is 2. The Hall–Kier alpha value is -2.30. The molecule has 0 radical (unpaired) electrons. The van der Waals surface area contributed by atoms with Crippen molar-refractivity contribution in [1.82, 2.24) is 9.88 Å². The number of aromatic nitrogens is 1. The van der Waals surface area contributed by atoms with Crippen LogP contribution < -0.4 is 0 Å². The summed E-state index contributed by atoms with van der Waals surface area (Å²) in [6, 6.07) is 6.15. The van der Waals surface area contributed by atoms with Crippen molar-refractivity contribution in [2.75, 3.05) is 13.1 Å². The number of benzene rings is 1. The lowest BCUT2D eigenvalue weighted by Gasteiger charge is -2.24. The number of amides is 1. The van der Waals surface area contributed by atoms with Crippen LogP contribution in [0.1, 0.15) is 37.8 Å². The van der Waals surface area contributed by atoms with Crippen molar-refractivity contribution in [3.8, 4) is 0 Å². The molecule has 130 valence electrons. The summed E-state index contributed by atoms with van der Waals surface area (Å²) in [6.07, 6.45) is 3.01. The van der Waals surface area contributed by atoms with Gasteiger partial charge in [0.2, 0.25) is 5.91 Å². The second-order valence-corrected chi connectivity index (χ2v) is 6.69. The number of hydrogen-bond donors (Lipinski definition) is 2. The molecule has 0 aliphatic carbocycles. The van der Waals surface area contributed by atoms with E-state index in [1.165, 1.54) is 5.56 Å². The summed E-state index contributed by atoms with van der Waals surface area (Å²) in [5.41, 5.74) is 3.43. The largest absolute Gasteiger partial charge is 0.481 e. The number of carboxylic acids is 1. The van der Waals surface area contributed by atoms with Gasteiger partial charge >= 0.3 is 5.97 Å². The molecular formula is C19H26N2O3. The number of nitrogens with zero attached hydrogens (tertiary/aromatic N) is 1. The molecule has 0 spiro atoms. The normalized spacial score (nSPS) is 11.2. The minimum absolute atomic E-state index is 0.00919. The number of carbonyl (C=O) groups excluding carboxylic acids is 1. The third-order valence-corrected chi connectivity index (χ3v) is 4.15. The number of nitrogens with one attached hydrogen (secondary N) is 1. The zero-order chi connectivity index (χ0) is 17.7. The molecule has 5 heteroatoms. The van der Waals surface area contributed by atoms with Gasteiger partial charge in [0.25, 0.3) is 0 Å². The molecule has 0 saturated carbocycles. The monoisotopic (exact) mass is 330 g/mol. The topological polar surface area (TPSA) is 73.4 Å². The van der Waals surface area contributed by atoms with Crippen molar-refractivity contribution in [3.63, 3.8) is 0 Å². The maximum Gasteiger partial charge on any atom is 0.305 e. The molecule has 1 aromatic heterocycles. The molecular weight excluding hydrogens is 304 g/mol. The number of carboxylic acid groups (broad SMARTS) is 1. The smallest absolute Gasteiger partial charge is 0.305 e. The van der Waals surface area contributed by atoms with E-state index in [9.17, 15) is 9.59 Å². The van der Waals surface area contributed by atoms with Gasteiger partial charge < -0.3 is 15.0 Å². The summed E-state index contributed by atoms with van der Waals surface area (Å²) in [5.74, 6) is -0.533. The molecule has 2 N–H and O–H groups in total. The summed E-state index contributed by atoms with van der Waals surface area (Å²) in [6.45, 7) is 7.00. The maximum atomic E-state index is 12.5. The molecule has 0 atom stereocenters. The van der Waals surface area contributed by atoms with Crippen LogP contribution in [0.3, 0.4) is 0 Å². The minimum atomic E-state index is -0.872. The van der Waals surface area contributed by atoms with E-state index in [0.717, 1.165) is 16.5 Å². The molecule has 5 nitrogen and oxygen atoms in total. The lowest BCUT2D eigenvalue weighted by atomic mass is 10.1. The summed E-state index contributed by atoms with van der Waals surface area (Å²) >= 11 is 0. The molecule has 0 aliphatic rings. The van der Waals surface area contributed by atoms with Gasteiger partial charge in [0.1, 0.15) is 0 Å². The lowest BCUT2D eigenvalue weighted by molar-refractivity contribution is -0.138. The summed E-state index contributed by atoms with van der Waals surface area (Å²) in [4.78, 5) is 28.3. The molecule has 0 bridgehead atoms. The highest BCUT2D eigenvalue weighted by Crippen LogP contribution is 2.22. The number of para-hydroxylation sites is 1. The molecule has 24 heavy (non-hydrogen) atoms. The van der Waals surface area contributed by atoms with Gasteiger partial charge in [-0.3, -0.25) is 9.59 Å². The van der Waals surface area contributed by atoms with Gasteiger partial charge in [0.05, 0.1) is 6.42 Å². The van der Waals surface area contributed by atoms with E-state index in [0.29, 0.717) is 25.3 Å². The van der Waals surface area contributed by atoms with Crippen LogP contribution in [0.4, 0.5) is 0 Å². The molecule has 0 saturated heterocycles. The maximum absolute atomic E-state index is 12.5. The number of aromatic amines is 1. The van der Waals surface area contributed by atoms with Gasteiger partial charge in [-0.25, -0.2) is 0 Å². The zero-order valence-electron chi connectivity index (χ0n) is 14.6. The zero-order valence-corrected chi connectivity index (χ0v) is 14.6. The number of aliphatic carboxylic acids is 1. The van der Waals surface area contributed by atoms with E-state index >= 15 is 0 Å². The first kappa shape index (κ1) is 18.0. The van der Waals surface area contributed by atoms with Crippen LogP contribution in [0.25, 0.3) is 10.9 Å². The van der Waals surface area contributed by atoms with Crippen LogP contribution in [-0.2, 0) is 16.0 Å². The Bertz CT molecular complexity index is 718. The van der Waals surface area contributed by atoms with Crippen molar-refractivity contribution in [2.45, 2.75) is 40.0 Å². The lowest BCUT2D eigenvalue weighted by Crippen LogP contribution is -2.36. The summed E-state index contributed by atoms with van der Waals surface area (Å²) < 4.78 is 0. The van der Waals surface area contributed by atoms with Crippen LogP contribution in [0, 0.1) is 12.8 Å². The Labute approximate surface area is 142 Å². The Morgan fingerprint density at radius 3 is 2.67 bits per heavy atom. The van der Waals surface area contributed by atoms with E-state index in [1.54, 1.807) is 4.90 Å². The first-order valence-corrected chi connectivity index (χ1v) is 8.43. The predicted molar refractivity (Wildman–Crippen MR) is 95.0 cm³/mol. The molecule has 2 rings (SSSR count). The molecule has 1 heterocycles. The first-order chi connectivity index (χ1) is 11.4. The second kappa shape index (κ2) is 7.99. The summed E-state index contributed by atoms with van der Waals surface area (Å²) in [7, 11) is 0. The Balaban J connectivity index is 2.03. The van der Waals surface area contributed by atoms with Gasteiger partial charge in [-0.15, -0.1) is 0 Å². The average molecular weight is 330 g/mol. The highest BCUT2D eigenvalue weighted by molar-refractivity contribution is 5.86. The molecule has 1 amide bonds. The fraction of sp³-hybridized carbons (Fsp3) is 0.474. The van der Waals surface area contributed by atoms with Crippen molar-refractivity contribution >= 4 is 22.8 Å². The van der Waals surface area contributed by atoms with E-state index in [-0.39, 0.29) is 18.9 Å². The van der Waals surface area contributed by atoms with Crippen molar-refractivity contribution in [2.24, 2.45) is 5.92 Å². The SMILES string of the molecule is Cc1cccc2c(CCC(=O)N(CCC(=O)O)CC(C)C)c[nH]c12. The van der Waals surface area contributed by atoms with E-state index in [4.69, 9.17) is 5.11 Å².